The van der Waals surface area contributed by atoms with E-state index < -0.39 is 0 Å². The molecule has 2 rings (SSSR count). The van der Waals surface area contributed by atoms with Gasteiger partial charge in [-0.25, -0.2) is 4.39 Å². The quantitative estimate of drug-likeness (QED) is 0.825. The Bertz CT molecular complexity index is 419. The van der Waals surface area contributed by atoms with Gasteiger partial charge in [0.05, 0.1) is 0 Å². The molecule has 16 heavy (non-hydrogen) atoms. The number of anilines is 1. The van der Waals surface area contributed by atoms with Gasteiger partial charge in [-0.2, -0.15) is 0 Å². The van der Waals surface area contributed by atoms with Crippen molar-refractivity contribution in [3.05, 3.63) is 29.6 Å². The molecule has 0 aliphatic carbocycles. The molecule has 0 radical (unpaired) electrons. The Morgan fingerprint density at radius 2 is 2.31 bits per heavy atom. The minimum absolute atomic E-state index is 0.00337. The highest BCUT2D eigenvalue weighted by Crippen LogP contribution is 2.28. The third-order valence-electron chi connectivity index (χ3n) is 2.99. The van der Waals surface area contributed by atoms with Crippen LogP contribution in [0.1, 0.15) is 12.0 Å². The van der Waals surface area contributed by atoms with Crippen LogP contribution in [-0.2, 0) is 4.79 Å². The van der Waals surface area contributed by atoms with E-state index in [1.165, 1.54) is 6.07 Å². The van der Waals surface area contributed by atoms with Gasteiger partial charge in [-0.1, -0.05) is 6.07 Å². The van der Waals surface area contributed by atoms with E-state index in [-0.39, 0.29) is 24.2 Å². The van der Waals surface area contributed by atoms with Gasteiger partial charge in [0.1, 0.15) is 5.82 Å². The van der Waals surface area contributed by atoms with Crippen molar-refractivity contribution in [2.75, 3.05) is 18.1 Å². The Morgan fingerprint density at radius 3 is 2.94 bits per heavy atom. The van der Waals surface area contributed by atoms with Crippen LogP contribution in [0.3, 0.4) is 0 Å². The zero-order valence-corrected chi connectivity index (χ0v) is 9.11. The van der Waals surface area contributed by atoms with Gasteiger partial charge in [0.2, 0.25) is 5.91 Å². The van der Waals surface area contributed by atoms with Crippen LogP contribution in [0, 0.1) is 18.7 Å². The van der Waals surface area contributed by atoms with Gasteiger partial charge in [0.15, 0.2) is 0 Å². The van der Waals surface area contributed by atoms with E-state index in [4.69, 9.17) is 5.11 Å². The maximum Gasteiger partial charge on any atom is 0.227 e. The molecule has 4 heteroatoms. The van der Waals surface area contributed by atoms with E-state index in [2.05, 4.69) is 0 Å². The average molecular weight is 223 g/mol. The lowest BCUT2D eigenvalue weighted by atomic mass is 10.1. The Morgan fingerprint density at radius 1 is 1.56 bits per heavy atom. The second-order valence-corrected chi connectivity index (χ2v) is 4.14. The summed E-state index contributed by atoms with van der Waals surface area (Å²) in [6.07, 6.45) is 0.340. The first-order chi connectivity index (χ1) is 7.63. The van der Waals surface area contributed by atoms with Gasteiger partial charge in [-0.3, -0.25) is 4.79 Å². The fourth-order valence-electron chi connectivity index (χ4n) is 2.03. The highest BCUT2D eigenvalue weighted by molar-refractivity contribution is 5.96. The van der Waals surface area contributed by atoms with Crippen LogP contribution in [0.4, 0.5) is 10.1 Å². The van der Waals surface area contributed by atoms with Gasteiger partial charge >= 0.3 is 0 Å². The van der Waals surface area contributed by atoms with E-state index in [0.29, 0.717) is 24.2 Å². The molecule has 1 aliphatic heterocycles. The number of nitrogens with zero attached hydrogens (tertiary/aromatic N) is 1. The van der Waals surface area contributed by atoms with E-state index in [9.17, 15) is 9.18 Å². The molecule has 0 spiro atoms. The normalized spacial score (nSPS) is 20.6. The monoisotopic (exact) mass is 223 g/mol. The minimum Gasteiger partial charge on any atom is -0.396 e. The van der Waals surface area contributed by atoms with Crippen LogP contribution in [0.15, 0.2) is 18.2 Å². The number of carbonyl (C=O) groups excluding carboxylic acids is 1. The number of hydrogen-bond donors (Lipinski definition) is 1. The molecule has 1 heterocycles. The number of aliphatic hydroxyl groups excluding tert-OH is 1. The molecule has 1 aromatic rings. The highest BCUT2D eigenvalue weighted by Gasteiger charge is 2.31. The van der Waals surface area contributed by atoms with Crippen molar-refractivity contribution in [1.82, 2.24) is 0 Å². The number of benzene rings is 1. The number of amides is 1. The fourth-order valence-corrected chi connectivity index (χ4v) is 2.03. The van der Waals surface area contributed by atoms with E-state index in [1.807, 2.05) is 0 Å². The summed E-state index contributed by atoms with van der Waals surface area (Å²) in [5, 5.41) is 9.02. The van der Waals surface area contributed by atoms with Gasteiger partial charge < -0.3 is 10.0 Å². The molecule has 1 aliphatic rings. The summed E-state index contributed by atoms with van der Waals surface area (Å²) >= 11 is 0. The zero-order valence-electron chi connectivity index (χ0n) is 9.11. The number of carbonyl (C=O) groups is 1. The molecule has 1 fully saturated rings. The molecule has 0 bridgehead atoms. The minimum atomic E-state index is -0.308. The molecule has 1 amide bonds. The maximum absolute atomic E-state index is 13.4. The SMILES string of the molecule is Cc1c(F)cccc1N1CC(CO)CC1=O. The summed E-state index contributed by atoms with van der Waals surface area (Å²) in [5.41, 5.74) is 1.09. The molecule has 1 atom stereocenters. The lowest BCUT2D eigenvalue weighted by molar-refractivity contribution is -0.117. The number of halogens is 1. The summed E-state index contributed by atoms with van der Waals surface area (Å²) in [6.45, 7) is 2.13. The second kappa shape index (κ2) is 4.22. The smallest absolute Gasteiger partial charge is 0.227 e. The lowest BCUT2D eigenvalue weighted by Gasteiger charge is -2.19. The molecule has 1 aromatic carbocycles. The summed E-state index contributed by atoms with van der Waals surface area (Å²) in [7, 11) is 0. The van der Waals surface area contributed by atoms with Gasteiger partial charge in [0, 0.05) is 36.7 Å². The highest BCUT2D eigenvalue weighted by atomic mass is 19.1. The third-order valence-corrected chi connectivity index (χ3v) is 2.99. The largest absolute Gasteiger partial charge is 0.396 e. The van der Waals surface area contributed by atoms with Gasteiger partial charge in [0.25, 0.3) is 0 Å². The van der Waals surface area contributed by atoms with E-state index in [0.717, 1.165) is 0 Å². The predicted molar refractivity (Wildman–Crippen MR) is 58.7 cm³/mol. The Kier molecular flexibility index (Phi) is 2.92. The Balaban J connectivity index is 2.31. The van der Waals surface area contributed by atoms with Crippen LogP contribution in [0.5, 0.6) is 0 Å². The number of hydrogen-bond acceptors (Lipinski definition) is 2. The van der Waals surface area contributed by atoms with Crippen molar-refractivity contribution in [2.24, 2.45) is 5.92 Å². The van der Waals surface area contributed by atoms with E-state index >= 15 is 0 Å². The standard InChI is InChI=1S/C12H14FNO2/c1-8-10(13)3-2-4-11(8)14-6-9(7-15)5-12(14)16/h2-4,9,15H,5-7H2,1H3. The van der Waals surface area contributed by atoms with Crippen LogP contribution < -0.4 is 4.90 Å². The van der Waals surface area contributed by atoms with Crippen LogP contribution >= 0.6 is 0 Å². The molecule has 86 valence electrons. The summed E-state index contributed by atoms with van der Waals surface area (Å²) in [6, 6.07) is 4.70. The first-order valence-electron chi connectivity index (χ1n) is 5.30. The van der Waals surface area contributed by atoms with Crippen molar-refractivity contribution >= 4 is 11.6 Å². The summed E-state index contributed by atoms with van der Waals surface area (Å²) in [4.78, 5) is 13.3. The van der Waals surface area contributed by atoms with Gasteiger partial charge in [-0.05, 0) is 19.1 Å². The fraction of sp³-hybridized carbons (Fsp3) is 0.417. The van der Waals surface area contributed by atoms with Crippen LogP contribution in [0.25, 0.3) is 0 Å². The topological polar surface area (TPSA) is 40.5 Å². The van der Waals surface area contributed by atoms with Crippen molar-refractivity contribution in [2.45, 2.75) is 13.3 Å². The molecular weight excluding hydrogens is 209 g/mol. The summed E-state index contributed by atoms with van der Waals surface area (Å²) in [5.74, 6) is -0.388. The van der Waals surface area contributed by atoms with E-state index in [1.54, 1.807) is 24.0 Å². The molecular formula is C12H14FNO2. The third kappa shape index (κ3) is 1.80. The first kappa shape index (κ1) is 11.1. The van der Waals surface area contributed by atoms with Crippen molar-refractivity contribution < 1.29 is 14.3 Å². The van der Waals surface area contributed by atoms with Crippen molar-refractivity contribution in [3.8, 4) is 0 Å². The predicted octanol–water partition coefficient (Wildman–Crippen LogP) is 1.48. The zero-order chi connectivity index (χ0) is 11.7. The Hall–Kier alpha value is -1.42. The lowest BCUT2D eigenvalue weighted by Crippen LogP contribution is -2.25. The van der Waals surface area contributed by atoms with Crippen LogP contribution in [-0.4, -0.2) is 24.2 Å². The molecule has 1 N–H and O–H groups in total. The summed E-state index contributed by atoms with van der Waals surface area (Å²) < 4.78 is 13.4. The van der Waals surface area contributed by atoms with Gasteiger partial charge in [-0.15, -0.1) is 0 Å². The molecule has 0 saturated carbocycles. The molecule has 0 aromatic heterocycles. The molecule has 3 nitrogen and oxygen atoms in total. The number of rotatable bonds is 2. The molecule has 1 saturated heterocycles. The Labute approximate surface area is 93.5 Å². The average Bonchev–Trinajstić information content (AvgIpc) is 2.64. The van der Waals surface area contributed by atoms with Crippen LogP contribution in [0.2, 0.25) is 0 Å². The maximum atomic E-state index is 13.4. The molecule has 1 unspecified atom stereocenters. The van der Waals surface area contributed by atoms with Crippen molar-refractivity contribution in [3.63, 3.8) is 0 Å². The second-order valence-electron chi connectivity index (χ2n) is 4.14. The van der Waals surface area contributed by atoms with Crippen molar-refractivity contribution in [1.29, 1.82) is 0 Å². The number of aliphatic hydroxyl groups is 1. The first-order valence-corrected chi connectivity index (χ1v) is 5.30.